The number of amides is 12. The van der Waals surface area contributed by atoms with Crippen molar-refractivity contribution in [2.24, 2.45) is 67.7 Å². The van der Waals surface area contributed by atoms with Crippen molar-refractivity contribution in [1.29, 1.82) is 0 Å². The maximum absolute atomic E-state index is 14.6. The van der Waals surface area contributed by atoms with Gasteiger partial charge in [-0.3, -0.25) is 101 Å². The second-order valence-electron chi connectivity index (χ2n) is 35.6. The molecule has 12 amide bonds. The molecule has 4 heterocycles. The van der Waals surface area contributed by atoms with Gasteiger partial charge in [0.2, 0.25) is 70.9 Å². The molecule has 9 rings (SSSR count). The molecule has 136 heavy (non-hydrogen) atoms. The molecule has 3 aromatic rings. The zero-order valence-electron chi connectivity index (χ0n) is 78.1. The number of nitrogens with zero attached hydrogens (tertiary/aromatic N) is 3. The number of hydrogen-bond acceptors (Lipinski definition) is 22. The average Bonchev–Trinajstić information content (AvgIpc) is 0.810. The normalized spacial score (nSPS) is 25.3. The molecular weight excluding hydrogens is 1760 g/mol. The molecule has 1 unspecified atom stereocenters. The van der Waals surface area contributed by atoms with E-state index in [9.17, 15) is 102 Å². The van der Waals surface area contributed by atoms with Crippen LogP contribution in [-0.2, 0) is 110 Å². The fourth-order valence-corrected chi connectivity index (χ4v) is 17.4. The standard InChI is InChI=1S/C34H51N7O7.C30H43N7O7.C29H41N7O8/c1-20(2)25-13-12-21(3)18-34(25)32(48)40-26(11-8-14-37-33(35)36-4)30(46)38-19-24(42)16-23(17-28(43)44)29(45)39-27(31(47)41-34)15-22-9-6-5-7-10-22;1-32-29(31)33-14-8-11-22-26(42)34-18-21(38)16-20(17-24(39)40)25(41)35-23(15-19-9-4-2-5-10-19)27(43)37-30(28(44)36-22)12-6-3-7-13-30;1-31-28(30)32-11-5-8-21-25(41)33-17-20(37)15-19(16-23(38)39)24(40)34-22(14-18-6-3-2-4-7-18)26(42)36-29(27(43)35-21)9-12-44-13-10-29/h5-7,9-10,20-21,23,25-27H,8,11-19H2,1-4H3,(H,38,46)(H,39,45)(H,40,48)(H,41,47)(H,43,44)(H3,35,36,37);2,4-5,9-10,20,22-23H,3,6-8,11-18H2,1H3,(H,34,42)(H,35,41)(H,36,44)(H,37,43)(H,39,40)(H3,31,32,33);2-4,6-7,19,21-22H,5,8-17H2,1H3,(H,33,41)(H,34,40)(H,35,43)(H,36,42)(H,38,39)(H3,30,31,32)/t21-,23-,25+,26-,27+,34?;20-,22-,23+;19-,21-,22+/m000/s1. The van der Waals surface area contributed by atoms with Crippen molar-refractivity contribution in [3.63, 3.8) is 0 Å². The Balaban J connectivity index is 0.000000278. The predicted octanol–water partition coefficient (Wildman–Crippen LogP) is -1.49. The molecule has 3 spiro atoms. The Labute approximate surface area is 789 Å². The van der Waals surface area contributed by atoms with E-state index in [-0.39, 0.29) is 100 Å². The van der Waals surface area contributed by atoms with Crippen molar-refractivity contribution < 1.29 is 106 Å². The van der Waals surface area contributed by atoms with Gasteiger partial charge in [0.15, 0.2) is 35.2 Å². The first-order valence-corrected chi connectivity index (χ1v) is 46.2. The molecule has 4 saturated heterocycles. The van der Waals surface area contributed by atoms with Crippen LogP contribution in [0.4, 0.5) is 0 Å². The summed E-state index contributed by atoms with van der Waals surface area (Å²) in [6, 6.07) is 20.1. The molecule has 2 saturated carbocycles. The summed E-state index contributed by atoms with van der Waals surface area (Å²) < 4.78 is 5.46. The third kappa shape index (κ3) is 35.1. The number of carboxylic acid groups (broad SMARTS) is 3. The Morgan fingerprint density at radius 2 is 0.728 bits per heavy atom. The van der Waals surface area contributed by atoms with Crippen LogP contribution in [0.5, 0.6) is 0 Å². The molecule has 4 aliphatic heterocycles. The number of nitrogens with one attached hydrogen (secondary N) is 15. The van der Waals surface area contributed by atoms with Crippen LogP contribution in [0, 0.1) is 35.5 Å². The third-order valence-electron chi connectivity index (χ3n) is 24.9. The lowest BCUT2D eigenvalue weighted by Gasteiger charge is -2.48. The van der Waals surface area contributed by atoms with Crippen LogP contribution in [0.25, 0.3) is 0 Å². The number of rotatable bonds is 25. The highest BCUT2D eigenvalue weighted by molar-refractivity contribution is 6.03. The lowest BCUT2D eigenvalue weighted by Crippen LogP contribution is -2.69. The van der Waals surface area contributed by atoms with Crippen molar-refractivity contribution in [1.82, 2.24) is 79.8 Å². The number of Topliss-reactive ketones (excluding diaryl/α,β-unsaturated/α-hetero) is 3. The number of aliphatic carboxylic acids is 3. The van der Waals surface area contributed by atoms with E-state index in [0.29, 0.717) is 83.0 Å². The van der Waals surface area contributed by atoms with E-state index in [2.05, 4.69) is 94.7 Å². The minimum Gasteiger partial charge on any atom is -0.481 e. The maximum Gasteiger partial charge on any atom is 0.304 e. The Bertz CT molecular complexity index is 4550. The van der Waals surface area contributed by atoms with E-state index in [4.69, 9.17) is 21.9 Å². The van der Waals surface area contributed by atoms with E-state index in [1.165, 1.54) is 21.1 Å². The highest BCUT2D eigenvalue weighted by Gasteiger charge is 2.53. The number of ketones is 3. The van der Waals surface area contributed by atoms with Crippen molar-refractivity contribution in [3.8, 4) is 0 Å². The summed E-state index contributed by atoms with van der Waals surface area (Å²) in [7, 11) is 4.58. The maximum atomic E-state index is 14.6. The molecule has 6 fully saturated rings. The summed E-state index contributed by atoms with van der Waals surface area (Å²) in [5, 5.41) is 70.0. The number of carbonyl (C=O) groups excluding carboxylic acids is 15. The van der Waals surface area contributed by atoms with E-state index in [0.717, 1.165) is 24.0 Å². The molecule has 24 N–H and O–H groups in total. The van der Waals surface area contributed by atoms with Gasteiger partial charge in [-0.25, -0.2) is 0 Å². The van der Waals surface area contributed by atoms with Gasteiger partial charge in [-0.2, -0.15) is 0 Å². The van der Waals surface area contributed by atoms with Crippen molar-refractivity contribution in [3.05, 3.63) is 108 Å². The second kappa shape index (κ2) is 54.7. The fourth-order valence-electron chi connectivity index (χ4n) is 17.4. The summed E-state index contributed by atoms with van der Waals surface area (Å²) in [5.41, 5.74) is 15.0. The zero-order chi connectivity index (χ0) is 99.7. The van der Waals surface area contributed by atoms with Gasteiger partial charge in [-0.15, -0.1) is 0 Å². The number of hydrogen-bond donors (Lipinski definition) is 21. The molecular formula is C93H135N21O22. The largest absolute Gasteiger partial charge is 0.481 e. The van der Waals surface area contributed by atoms with Crippen LogP contribution in [0.1, 0.15) is 179 Å². The van der Waals surface area contributed by atoms with E-state index >= 15 is 0 Å². The number of carbonyl (C=O) groups is 18. The topological polar surface area (TPSA) is 673 Å². The smallest absolute Gasteiger partial charge is 0.304 e. The number of benzene rings is 3. The molecule has 2 aliphatic carbocycles. The minimum absolute atomic E-state index is 0.0295. The first-order valence-electron chi connectivity index (χ1n) is 46.2. The number of aliphatic imine (C=N–C) groups is 3. The molecule has 744 valence electrons. The molecule has 12 atom stereocenters. The van der Waals surface area contributed by atoms with Gasteiger partial charge in [0, 0.05) is 105 Å². The van der Waals surface area contributed by atoms with Gasteiger partial charge in [0.05, 0.1) is 56.7 Å². The summed E-state index contributed by atoms with van der Waals surface area (Å²) in [5.74, 6) is -16.9. The van der Waals surface area contributed by atoms with Crippen LogP contribution in [0.15, 0.2) is 106 Å². The summed E-state index contributed by atoms with van der Waals surface area (Å²) in [4.78, 5) is 250. The van der Waals surface area contributed by atoms with Crippen LogP contribution in [0.3, 0.4) is 0 Å². The fraction of sp³-hybridized carbons (Fsp3) is 0.581. The molecule has 0 aromatic heterocycles. The second-order valence-corrected chi connectivity index (χ2v) is 35.6. The third-order valence-corrected chi connectivity index (χ3v) is 24.9. The lowest BCUT2D eigenvalue weighted by atomic mass is 9.64. The molecule has 3 aromatic carbocycles. The Morgan fingerprint density at radius 3 is 1.04 bits per heavy atom. The minimum atomic E-state index is -1.46. The summed E-state index contributed by atoms with van der Waals surface area (Å²) >= 11 is 0. The summed E-state index contributed by atoms with van der Waals surface area (Å²) in [6.07, 6.45) is 3.42. The zero-order valence-corrected chi connectivity index (χ0v) is 78.1. The van der Waals surface area contributed by atoms with Gasteiger partial charge in [0.25, 0.3) is 0 Å². The Morgan fingerprint density at radius 1 is 0.412 bits per heavy atom. The van der Waals surface area contributed by atoms with Gasteiger partial charge in [0.1, 0.15) is 52.9 Å². The number of carboxylic acids is 3. The number of guanidine groups is 3. The van der Waals surface area contributed by atoms with Crippen LogP contribution >= 0.6 is 0 Å². The van der Waals surface area contributed by atoms with Gasteiger partial charge >= 0.3 is 17.9 Å². The van der Waals surface area contributed by atoms with E-state index in [1.54, 1.807) is 78.9 Å². The monoisotopic (exact) mass is 1900 g/mol. The van der Waals surface area contributed by atoms with Gasteiger partial charge in [-0.1, -0.05) is 137 Å². The number of ether oxygens (including phenoxy) is 1. The molecule has 0 radical (unpaired) electrons. The van der Waals surface area contributed by atoms with Crippen molar-refractivity contribution >= 4 is 124 Å². The van der Waals surface area contributed by atoms with Crippen LogP contribution in [-0.4, -0.2) is 266 Å². The Kier molecular flexibility index (Phi) is 44.1. The highest BCUT2D eigenvalue weighted by Crippen LogP contribution is 2.42. The lowest BCUT2D eigenvalue weighted by molar-refractivity contribution is -0.144. The summed E-state index contributed by atoms with van der Waals surface area (Å²) in [6.45, 7) is 5.97. The van der Waals surface area contributed by atoms with Crippen LogP contribution in [0.2, 0.25) is 0 Å². The molecule has 0 bridgehead atoms. The highest BCUT2D eigenvalue weighted by atomic mass is 16.5. The predicted molar refractivity (Wildman–Crippen MR) is 499 cm³/mol. The van der Waals surface area contributed by atoms with Crippen LogP contribution < -0.4 is 97.0 Å². The van der Waals surface area contributed by atoms with Crippen molar-refractivity contribution in [2.45, 2.75) is 234 Å². The first-order chi connectivity index (χ1) is 64.8. The van der Waals surface area contributed by atoms with Gasteiger partial charge < -0.3 is 117 Å². The Hall–Kier alpha value is -13.5. The van der Waals surface area contributed by atoms with Crippen molar-refractivity contribution in [2.75, 3.05) is 73.6 Å². The van der Waals surface area contributed by atoms with E-state index in [1.807, 2.05) is 32.9 Å². The average molecular weight is 1900 g/mol. The molecule has 6 aliphatic rings. The number of nitrogens with two attached hydrogens (primary N) is 3. The SMILES string of the molecule is CN=C(N)NCCC[C@@H]1NC(=O)C2(CCCCC2)NC(=O)[C@@H](Cc2ccccc2)NC(=O)[C@H](CC(=O)O)CC(=O)CNC1=O.CN=C(N)NCCC[C@@H]1NC(=O)C2(CCOCC2)NC(=O)[C@@H](Cc2ccccc2)NC(=O)[C@H](CC(=O)O)CC(=O)CNC1=O.CN=C(N)NCCC[C@@H]1NC(=O)C2(C[C@@H](C)CC[C@@H]2C(C)C)NC(=O)[C@@H](Cc2ccccc2)NC(=O)[C@H](CC(=O)O)CC(=O)CNC1=O. The molecule has 43 nitrogen and oxygen atoms in total. The van der Waals surface area contributed by atoms with E-state index < -0.39 is 235 Å². The van der Waals surface area contributed by atoms with Gasteiger partial charge in [-0.05, 0) is 98.7 Å². The quantitative estimate of drug-likeness (QED) is 0.0261. The first kappa shape index (κ1) is 110. The molecule has 43 heteroatoms.